The molecule has 0 saturated heterocycles. The Morgan fingerprint density at radius 3 is 2.67 bits per heavy atom. The van der Waals surface area contributed by atoms with Crippen molar-refractivity contribution in [3.63, 3.8) is 0 Å². The van der Waals surface area contributed by atoms with E-state index in [1.54, 1.807) is 6.20 Å². The lowest BCUT2D eigenvalue weighted by molar-refractivity contribution is 0.872. The molecule has 1 unspecified atom stereocenters. The van der Waals surface area contributed by atoms with Crippen molar-refractivity contribution >= 4 is 34.4 Å². The summed E-state index contributed by atoms with van der Waals surface area (Å²) >= 11 is 12.3. The van der Waals surface area contributed by atoms with E-state index in [1.807, 2.05) is 17.6 Å². The van der Waals surface area contributed by atoms with Crippen molar-refractivity contribution in [3.05, 3.63) is 52.4 Å². The van der Waals surface area contributed by atoms with Crippen LogP contribution in [0.2, 0.25) is 5.02 Å². The van der Waals surface area contributed by atoms with Gasteiger partial charge in [0.15, 0.2) is 5.65 Å². The van der Waals surface area contributed by atoms with Gasteiger partial charge in [0.2, 0.25) is 0 Å². The first-order chi connectivity index (χ1) is 9.97. The smallest absolute Gasteiger partial charge is 0.164 e. The van der Waals surface area contributed by atoms with Crippen molar-refractivity contribution in [1.29, 1.82) is 0 Å². The van der Waals surface area contributed by atoms with Gasteiger partial charge >= 0.3 is 0 Å². The number of imidazole rings is 1. The molecule has 2 aromatic heterocycles. The first kappa shape index (κ1) is 14.4. The second kappa shape index (κ2) is 5.32. The maximum atomic E-state index is 6.32. The quantitative estimate of drug-likeness (QED) is 0.623. The minimum absolute atomic E-state index is 0.224. The molecule has 3 rings (SSSR count). The number of aryl methyl sites for hydroxylation is 2. The fourth-order valence-corrected chi connectivity index (χ4v) is 2.72. The van der Waals surface area contributed by atoms with Gasteiger partial charge in [-0.05, 0) is 44.0 Å². The Labute approximate surface area is 133 Å². The van der Waals surface area contributed by atoms with E-state index in [0.29, 0.717) is 5.02 Å². The molecule has 0 aliphatic rings. The topological polar surface area (TPSA) is 30.7 Å². The molecule has 3 nitrogen and oxygen atoms in total. The summed E-state index contributed by atoms with van der Waals surface area (Å²) in [7, 11) is 0. The van der Waals surface area contributed by atoms with E-state index in [4.69, 9.17) is 23.2 Å². The predicted octanol–water partition coefficient (Wildman–Crippen LogP) is 4.99. The van der Waals surface area contributed by atoms with Crippen LogP contribution in [0.1, 0.15) is 29.3 Å². The summed E-state index contributed by atoms with van der Waals surface area (Å²) in [6, 6.07) is 8.12. The highest BCUT2D eigenvalue weighted by Gasteiger charge is 2.18. The number of halogens is 2. The van der Waals surface area contributed by atoms with Crippen molar-refractivity contribution in [3.8, 4) is 5.69 Å². The molecule has 0 aliphatic carbocycles. The lowest BCUT2D eigenvalue weighted by Gasteiger charge is -2.13. The molecular weight excluding hydrogens is 305 g/mol. The summed E-state index contributed by atoms with van der Waals surface area (Å²) in [6.45, 7) is 6.04. The zero-order valence-corrected chi connectivity index (χ0v) is 13.6. The average molecular weight is 320 g/mol. The number of pyridine rings is 1. The molecule has 0 radical (unpaired) electrons. The maximum absolute atomic E-state index is 6.32. The van der Waals surface area contributed by atoms with Crippen LogP contribution in [0.15, 0.2) is 30.5 Å². The van der Waals surface area contributed by atoms with E-state index < -0.39 is 0 Å². The van der Waals surface area contributed by atoms with Crippen molar-refractivity contribution < 1.29 is 0 Å². The molecule has 0 saturated carbocycles. The highest BCUT2D eigenvalue weighted by atomic mass is 35.5. The molecule has 0 bridgehead atoms. The Morgan fingerprint density at radius 2 is 1.95 bits per heavy atom. The summed E-state index contributed by atoms with van der Waals surface area (Å²) < 4.78 is 2.02. The summed E-state index contributed by atoms with van der Waals surface area (Å²) in [4.78, 5) is 9.05. The van der Waals surface area contributed by atoms with Crippen LogP contribution in [0.3, 0.4) is 0 Å². The number of fused-ring (bicyclic) bond motifs is 1. The molecule has 21 heavy (non-hydrogen) atoms. The van der Waals surface area contributed by atoms with Gasteiger partial charge in [0.05, 0.1) is 16.1 Å². The highest BCUT2D eigenvalue weighted by molar-refractivity contribution is 6.31. The van der Waals surface area contributed by atoms with Gasteiger partial charge in [0.1, 0.15) is 11.3 Å². The summed E-state index contributed by atoms with van der Waals surface area (Å²) in [6.07, 6.45) is 1.63. The third-order valence-corrected chi connectivity index (χ3v) is 3.85. The SMILES string of the molecule is Cc1ccc(C)c(-n2c(C(C)Cl)nc3cc(Cl)cnc32)c1. The van der Waals surface area contributed by atoms with Gasteiger partial charge in [-0.25, -0.2) is 9.97 Å². The van der Waals surface area contributed by atoms with Crippen molar-refractivity contribution in [2.24, 2.45) is 0 Å². The molecule has 3 aromatic rings. The van der Waals surface area contributed by atoms with Gasteiger partial charge in [-0.3, -0.25) is 4.57 Å². The summed E-state index contributed by atoms with van der Waals surface area (Å²) in [5.41, 5.74) is 4.91. The minimum atomic E-state index is -0.224. The van der Waals surface area contributed by atoms with E-state index in [-0.39, 0.29) is 5.38 Å². The predicted molar refractivity (Wildman–Crippen MR) is 87.6 cm³/mol. The number of benzene rings is 1. The molecule has 0 fully saturated rings. The Morgan fingerprint density at radius 1 is 1.19 bits per heavy atom. The number of alkyl halides is 1. The fourth-order valence-electron chi connectivity index (χ4n) is 2.42. The normalized spacial score (nSPS) is 12.8. The zero-order valence-electron chi connectivity index (χ0n) is 12.1. The molecule has 0 spiro atoms. The lowest BCUT2D eigenvalue weighted by Crippen LogP contribution is -2.04. The lowest BCUT2D eigenvalue weighted by atomic mass is 10.1. The number of rotatable bonds is 2. The van der Waals surface area contributed by atoms with Gasteiger partial charge < -0.3 is 0 Å². The zero-order chi connectivity index (χ0) is 15.1. The largest absolute Gasteiger partial charge is 0.279 e. The van der Waals surface area contributed by atoms with Gasteiger partial charge in [-0.15, -0.1) is 11.6 Å². The number of aromatic nitrogens is 3. The first-order valence-corrected chi connectivity index (χ1v) is 7.54. The highest BCUT2D eigenvalue weighted by Crippen LogP contribution is 2.30. The number of hydrogen-bond acceptors (Lipinski definition) is 2. The molecule has 0 aliphatic heterocycles. The van der Waals surface area contributed by atoms with Crippen LogP contribution in [-0.4, -0.2) is 14.5 Å². The molecule has 2 heterocycles. The maximum Gasteiger partial charge on any atom is 0.164 e. The average Bonchev–Trinajstić information content (AvgIpc) is 2.80. The van der Waals surface area contributed by atoms with Crippen LogP contribution in [0.5, 0.6) is 0 Å². The van der Waals surface area contributed by atoms with Crippen molar-refractivity contribution in [1.82, 2.24) is 14.5 Å². The third-order valence-electron chi connectivity index (χ3n) is 3.45. The van der Waals surface area contributed by atoms with Gasteiger partial charge in [0, 0.05) is 6.20 Å². The second-order valence-electron chi connectivity index (χ2n) is 5.21. The molecule has 1 aromatic carbocycles. The molecule has 0 N–H and O–H groups in total. The van der Waals surface area contributed by atoms with Crippen LogP contribution in [0.4, 0.5) is 0 Å². The summed E-state index contributed by atoms with van der Waals surface area (Å²) in [5, 5.41) is 0.347. The Balaban J connectivity index is 2.39. The van der Waals surface area contributed by atoms with Crippen LogP contribution in [0.25, 0.3) is 16.9 Å². The molecule has 0 amide bonds. The van der Waals surface area contributed by atoms with Crippen LogP contribution < -0.4 is 0 Å². The second-order valence-corrected chi connectivity index (χ2v) is 6.30. The van der Waals surface area contributed by atoms with Crippen molar-refractivity contribution in [2.75, 3.05) is 0 Å². The van der Waals surface area contributed by atoms with Crippen LogP contribution in [-0.2, 0) is 0 Å². The van der Waals surface area contributed by atoms with E-state index in [1.165, 1.54) is 5.56 Å². The van der Waals surface area contributed by atoms with Gasteiger partial charge in [-0.1, -0.05) is 23.7 Å². The Hall–Kier alpha value is -1.58. The molecule has 1 atom stereocenters. The molecule has 108 valence electrons. The van der Waals surface area contributed by atoms with E-state index in [9.17, 15) is 0 Å². The standard InChI is InChI=1S/C16H15Cl2N3/c1-9-4-5-10(2)14(6-9)21-15(11(3)17)20-13-7-12(18)8-19-16(13)21/h4-8,11H,1-3H3. The van der Waals surface area contributed by atoms with Crippen molar-refractivity contribution in [2.45, 2.75) is 26.1 Å². The minimum Gasteiger partial charge on any atom is -0.279 e. The molecule has 5 heteroatoms. The van der Waals surface area contributed by atoms with Gasteiger partial charge in [0.25, 0.3) is 0 Å². The van der Waals surface area contributed by atoms with Gasteiger partial charge in [-0.2, -0.15) is 0 Å². The number of hydrogen-bond donors (Lipinski definition) is 0. The third kappa shape index (κ3) is 2.52. The summed E-state index contributed by atoms with van der Waals surface area (Å²) in [5.74, 6) is 0.773. The molecular formula is C16H15Cl2N3. The Bertz CT molecular complexity index is 822. The van der Waals surface area contributed by atoms with Crippen LogP contribution in [0, 0.1) is 13.8 Å². The van der Waals surface area contributed by atoms with E-state index in [0.717, 1.165) is 28.2 Å². The first-order valence-electron chi connectivity index (χ1n) is 6.73. The van der Waals surface area contributed by atoms with E-state index in [2.05, 4.69) is 42.0 Å². The Kier molecular flexibility index (Phi) is 3.64. The number of nitrogens with zero attached hydrogens (tertiary/aromatic N) is 3. The fraction of sp³-hybridized carbons (Fsp3) is 0.250. The monoisotopic (exact) mass is 319 g/mol. The van der Waals surface area contributed by atoms with E-state index >= 15 is 0 Å². The van der Waals surface area contributed by atoms with Crippen LogP contribution >= 0.6 is 23.2 Å².